The zero-order chi connectivity index (χ0) is 17.0. The Hall–Kier alpha value is -1.40. The number of amides is 1. The first-order valence-electron chi connectivity index (χ1n) is 8.12. The van der Waals surface area contributed by atoms with Crippen LogP contribution >= 0.6 is 0 Å². The van der Waals surface area contributed by atoms with E-state index < -0.39 is 10.0 Å². The number of nitrogens with zero attached hydrogens (tertiary/aromatic N) is 2. The molecule has 1 fully saturated rings. The molecule has 1 amide bonds. The van der Waals surface area contributed by atoms with Crippen LogP contribution in [-0.2, 0) is 21.2 Å². The van der Waals surface area contributed by atoms with E-state index in [0.717, 1.165) is 11.1 Å². The second kappa shape index (κ2) is 7.45. The summed E-state index contributed by atoms with van der Waals surface area (Å²) in [6, 6.07) is 7.99. The number of piperidine rings is 1. The van der Waals surface area contributed by atoms with Crippen LogP contribution < -0.4 is 0 Å². The molecule has 1 saturated heterocycles. The molecule has 1 aliphatic rings. The fraction of sp³-hybridized carbons (Fsp3) is 0.588. The highest BCUT2D eigenvalue weighted by Gasteiger charge is 2.30. The fourth-order valence-corrected chi connectivity index (χ4v) is 4.09. The monoisotopic (exact) mass is 338 g/mol. The topological polar surface area (TPSA) is 57.7 Å². The molecule has 0 saturated carbocycles. The van der Waals surface area contributed by atoms with Gasteiger partial charge >= 0.3 is 0 Å². The van der Waals surface area contributed by atoms with E-state index in [1.807, 2.05) is 36.1 Å². The van der Waals surface area contributed by atoms with Gasteiger partial charge in [-0.25, -0.2) is 12.7 Å². The minimum atomic E-state index is -3.16. The molecule has 0 unspecified atom stereocenters. The van der Waals surface area contributed by atoms with Crippen LogP contribution in [0.5, 0.6) is 0 Å². The SMILES string of the molecule is CCS(=O)(=O)N(C)C1CCN(C(=O)Cc2cccc(C)c2)CC1. The molecule has 0 aliphatic carbocycles. The smallest absolute Gasteiger partial charge is 0.226 e. The van der Waals surface area contributed by atoms with Gasteiger partial charge in [-0.05, 0) is 32.3 Å². The van der Waals surface area contributed by atoms with Gasteiger partial charge in [-0.2, -0.15) is 0 Å². The lowest BCUT2D eigenvalue weighted by Crippen LogP contribution is -2.47. The standard InChI is InChI=1S/C17H26N2O3S/c1-4-23(21,22)18(3)16-8-10-19(11-9-16)17(20)13-15-7-5-6-14(2)12-15/h5-7,12,16H,4,8-11,13H2,1-3H3. The average Bonchev–Trinajstić information content (AvgIpc) is 2.54. The lowest BCUT2D eigenvalue weighted by atomic mass is 10.0. The van der Waals surface area contributed by atoms with Crippen molar-refractivity contribution in [3.05, 3.63) is 35.4 Å². The number of likely N-dealkylation sites (tertiary alicyclic amines) is 1. The number of carbonyl (C=O) groups excluding carboxylic acids is 1. The van der Waals surface area contributed by atoms with Gasteiger partial charge in [0, 0.05) is 26.2 Å². The van der Waals surface area contributed by atoms with Gasteiger partial charge in [0.05, 0.1) is 12.2 Å². The minimum Gasteiger partial charge on any atom is -0.342 e. The van der Waals surface area contributed by atoms with Crippen molar-refractivity contribution in [3.8, 4) is 0 Å². The first-order valence-corrected chi connectivity index (χ1v) is 9.73. The second-order valence-corrected chi connectivity index (χ2v) is 8.51. The molecule has 0 radical (unpaired) electrons. The third kappa shape index (κ3) is 4.54. The molecule has 1 aromatic carbocycles. The predicted molar refractivity (Wildman–Crippen MR) is 91.7 cm³/mol. The Morgan fingerprint density at radius 1 is 1.30 bits per heavy atom. The Balaban J connectivity index is 1.90. The van der Waals surface area contributed by atoms with Gasteiger partial charge in [-0.1, -0.05) is 29.8 Å². The summed E-state index contributed by atoms with van der Waals surface area (Å²) in [5, 5.41) is 0. The summed E-state index contributed by atoms with van der Waals surface area (Å²) in [5.74, 6) is 0.241. The second-order valence-electron chi connectivity index (χ2n) is 6.19. The molecular weight excluding hydrogens is 312 g/mol. The molecule has 0 aromatic heterocycles. The average molecular weight is 338 g/mol. The van der Waals surface area contributed by atoms with Gasteiger partial charge in [-0.3, -0.25) is 4.79 Å². The quantitative estimate of drug-likeness (QED) is 0.823. The molecular formula is C17H26N2O3S. The number of rotatable bonds is 5. The lowest BCUT2D eigenvalue weighted by molar-refractivity contribution is -0.131. The summed E-state index contributed by atoms with van der Waals surface area (Å²) in [7, 11) is -1.51. The molecule has 2 rings (SSSR count). The van der Waals surface area contributed by atoms with Crippen molar-refractivity contribution in [1.82, 2.24) is 9.21 Å². The summed E-state index contributed by atoms with van der Waals surface area (Å²) >= 11 is 0. The molecule has 0 N–H and O–H groups in total. The molecule has 1 aliphatic heterocycles. The summed E-state index contributed by atoms with van der Waals surface area (Å²) in [6.45, 7) is 4.92. The van der Waals surface area contributed by atoms with Gasteiger partial charge in [0.25, 0.3) is 0 Å². The summed E-state index contributed by atoms with van der Waals surface area (Å²) in [6.07, 6.45) is 1.82. The summed E-state index contributed by atoms with van der Waals surface area (Å²) < 4.78 is 25.3. The van der Waals surface area contributed by atoms with Crippen LogP contribution in [-0.4, -0.2) is 55.5 Å². The van der Waals surface area contributed by atoms with Crippen LogP contribution in [0.25, 0.3) is 0 Å². The van der Waals surface area contributed by atoms with Crippen LogP contribution in [0.3, 0.4) is 0 Å². The Morgan fingerprint density at radius 2 is 1.96 bits per heavy atom. The van der Waals surface area contributed by atoms with Crippen LogP contribution in [0.1, 0.15) is 30.9 Å². The normalized spacial score (nSPS) is 16.8. The zero-order valence-corrected chi connectivity index (χ0v) is 15.0. The number of aryl methyl sites for hydroxylation is 1. The largest absolute Gasteiger partial charge is 0.342 e. The van der Waals surface area contributed by atoms with Crippen molar-refractivity contribution >= 4 is 15.9 Å². The highest BCUT2D eigenvalue weighted by Crippen LogP contribution is 2.19. The third-order valence-corrected chi connectivity index (χ3v) is 6.48. The van der Waals surface area contributed by atoms with Gasteiger partial charge in [0.1, 0.15) is 0 Å². The van der Waals surface area contributed by atoms with Crippen LogP contribution in [0.4, 0.5) is 0 Å². The maximum Gasteiger partial charge on any atom is 0.226 e. The van der Waals surface area contributed by atoms with Crippen molar-refractivity contribution in [2.45, 2.75) is 39.2 Å². The minimum absolute atomic E-state index is 0.00275. The lowest BCUT2D eigenvalue weighted by Gasteiger charge is -2.36. The van der Waals surface area contributed by atoms with E-state index in [0.29, 0.717) is 32.4 Å². The third-order valence-electron chi connectivity index (χ3n) is 4.57. The van der Waals surface area contributed by atoms with E-state index in [-0.39, 0.29) is 17.7 Å². The highest BCUT2D eigenvalue weighted by atomic mass is 32.2. The van der Waals surface area contributed by atoms with Gasteiger partial charge < -0.3 is 4.90 Å². The van der Waals surface area contributed by atoms with E-state index in [4.69, 9.17) is 0 Å². The maximum absolute atomic E-state index is 12.4. The van der Waals surface area contributed by atoms with Gasteiger partial charge in [0.15, 0.2) is 0 Å². The number of benzene rings is 1. The van der Waals surface area contributed by atoms with E-state index >= 15 is 0 Å². The Bertz CT molecular complexity index is 650. The molecule has 0 spiro atoms. The predicted octanol–water partition coefficient (Wildman–Crippen LogP) is 1.81. The van der Waals surface area contributed by atoms with Crippen molar-refractivity contribution in [3.63, 3.8) is 0 Å². The molecule has 5 nitrogen and oxygen atoms in total. The number of sulfonamides is 1. The summed E-state index contributed by atoms with van der Waals surface area (Å²) in [4.78, 5) is 14.3. The molecule has 0 bridgehead atoms. The van der Waals surface area contributed by atoms with Crippen LogP contribution in [0.2, 0.25) is 0 Å². The van der Waals surface area contributed by atoms with Crippen molar-refractivity contribution in [2.24, 2.45) is 0 Å². The van der Waals surface area contributed by atoms with E-state index in [1.54, 1.807) is 14.0 Å². The van der Waals surface area contributed by atoms with E-state index in [1.165, 1.54) is 4.31 Å². The van der Waals surface area contributed by atoms with Crippen LogP contribution in [0, 0.1) is 6.92 Å². The Labute approximate surface area is 139 Å². The fourth-order valence-electron chi connectivity index (χ4n) is 3.02. The Morgan fingerprint density at radius 3 is 2.52 bits per heavy atom. The number of carbonyl (C=O) groups is 1. The molecule has 128 valence electrons. The Kier molecular flexibility index (Phi) is 5.81. The van der Waals surface area contributed by atoms with E-state index in [9.17, 15) is 13.2 Å². The number of hydrogen-bond acceptors (Lipinski definition) is 3. The first kappa shape index (κ1) is 17.9. The maximum atomic E-state index is 12.4. The molecule has 1 heterocycles. The first-order chi connectivity index (χ1) is 10.8. The van der Waals surface area contributed by atoms with Gasteiger partial charge in [-0.15, -0.1) is 0 Å². The molecule has 1 aromatic rings. The molecule has 23 heavy (non-hydrogen) atoms. The van der Waals surface area contributed by atoms with Crippen molar-refractivity contribution in [1.29, 1.82) is 0 Å². The van der Waals surface area contributed by atoms with Gasteiger partial charge in [0.2, 0.25) is 15.9 Å². The van der Waals surface area contributed by atoms with Crippen molar-refractivity contribution in [2.75, 3.05) is 25.9 Å². The molecule has 0 atom stereocenters. The zero-order valence-electron chi connectivity index (χ0n) is 14.2. The van der Waals surface area contributed by atoms with E-state index in [2.05, 4.69) is 0 Å². The number of hydrogen-bond donors (Lipinski definition) is 0. The summed E-state index contributed by atoms with van der Waals surface area (Å²) in [5.41, 5.74) is 2.18. The van der Waals surface area contributed by atoms with Crippen molar-refractivity contribution < 1.29 is 13.2 Å². The highest BCUT2D eigenvalue weighted by molar-refractivity contribution is 7.89. The molecule has 6 heteroatoms. The van der Waals surface area contributed by atoms with Crippen LogP contribution in [0.15, 0.2) is 24.3 Å².